The molecule has 0 aromatic rings. The average molecular weight is 308 g/mol. The van der Waals surface area contributed by atoms with Crippen LogP contribution in [0.1, 0.15) is 12.8 Å². The molecule has 1 fully saturated rings. The van der Waals surface area contributed by atoms with Gasteiger partial charge in [-0.05, 0) is 12.8 Å². The van der Waals surface area contributed by atoms with E-state index in [-0.39, 0.29) is 6.10 Å². The zero-order chi connectivity index (χ0) is 12.9. The van der Waals surface area contributed by atoms with E-state index in [4.69, 9.17) is 39.5 Å². The van der Waals surface area contributed by atoms with Crippen molar-refractivity contribution in [1.82, 2.24) is 10.6 Å². The summed E-state index contributed by atoms with van der Waals surface area (Å²) in [5.41, 5.74) is 0. The SMILES string of the molecule is O=C(CF)N[C@H](NC[C@@H]1CCCO1)C(Cl)(Cl)Cl. The van der Waals surface area contributed by atoms with Crippen molar-refractivity contribution in [2.75, 3.05) is 19.8 Å². The molecule has 1 rings (SSSR count). The van der Waals surface area contributed by atoms with E-state index in [1.807, 2.05) is 0 Å². The van der Waals surface area contributed by atoms with Crippen LogP contribution < -0.4 is 10.6 Å². The lowest BCUT2D eigenvalue weighted by Crippen LogP contribution is -2.55. The fourth-order valence-electron chi connectivity index (χ4n) is 1.50. The highest BCUT2D eigenvalue weighted by Crippen LogP contribution is 2.29. The van der Waals surface area contributed by atoms with Crippen LogP contribution in [-0.4, -0.2) is 41.8 Å². The molecular weight excluding hydrogens is 293 g/mol. The standard InChI is InChI=1S/C9H14Cl3FN2O2/c10-9(11,12)8(15-7(16)4-13)14-5-6-2-1-3-17-6/h6,8,14H,1-5H2,(H,15,16)/t6-,8-/m0/s1. The van der Waals surface area contributed by atoms with Crippen molar-refractivity contribution >= 4 is 40.7 Å². The van der Waals surface area contributed by atoms with Crippen LogP contribution in [0.25, 0.3) is 0 Å². The summed E-state index contributed by atoms with van der Waals surface area (Å²) in [6.45, 7) is -0.00832. The largest absolute Gasteiger partial charge is 0.377 e. The number of hydrogen-bond donors (Lipinski definition) is 2. The van der Waals surface area contributed by atoms with E-state index in [0.717, 1.165) is 12.8 Å². The normalized spacial score (nSPS) is 22.5. The number of nitrogens with one attached hydrogen (secondary N) is 2. The molecular formula is C9H14Cl3FN2O2. The van der Waals surface area contributed by atoms with Crippen LogP contribution in [0.4, 0.5) is 4.39 Å². The van der Waals surface area contributed by atoms with Gasteiger partial charge in [-0.1, -0.05) is 34.8 Å². The maximum absolute atomic E-state index is 12.1. The molecule has 8 heteroatoms. The quantitative estimate of drug-likeness (QED) is 0.598. The summed E-state index contributed by atoms with van der Waals surface area (Å²) in [5, 5.41) is 5.10. The van der Waals surface area contributed by atoms with E-state index in [0.29, 0.717) is 13.2 Å². The van der Waals surface area contributed by atoms with E-state index in [2.05, 4.69) is 10.6 Å². The van der Waals surface area contributed by atoms with Crippen LogP contribution in [0.15, 0.2) is 0 Å². The summed E-state index contributed by atoms with van der Waals surface area (Å²) in [7, 11) is 0. The third-order valence-electron chi connectivity index (χ3n) is 2.33. The lowest BCUT2D eigenvalue weighted by Gasteiger charge is -2.27. The highest BCUT2D eigenvalue weighted by atomic mass is 35.6. The number of rotatable bonds is 5. The molecule has 100 valence electrons. The highest BCUT2D eigenvalue weighted by molar-refractivity contribution is 6.68. The molecule has 0 bridgehead atoms. The molecule has 17 heavy (non-hydrogen) atoms. The van der Waals surface area contributed by atoms with E-state index in [1.165, 1.54) is 0 Å². The minimum Gasteiger partial charge on any atom is -0.377 e. The second kappa shape index (κ2) is 6.95. The first kappa shape index (κ1) is 15.2. The minimum absolute atomic E-state index is 0.0344. The molecule has 1 saturated heterocycles. The fraction of sp³-hybridized carbons (Fsp3) is 0.889. The van der Waals surface area contributed by atoms with Crippen LogP contribution in [0.3, 0.4) is 0 Å². The van der Waals surface area contributed by atoms with Crippen molar-refractivity contribution in [3.63, 3.8) is 0 Å². The van der Waals surface area contributed by atoms with Crippen molar-refractivity contribution in [3.8, 4) is 0 Å². The second-order valence-electron chi connectivity index (χ2n) is 3.72. The predicted molar refractivity (Wildman–Crippen MR) is 65.2 cm³/mol. The first-order valence-electron chi connectivity index (χ1n) is 5.20. The first-order valence-corrected chi connectivity index (χ1v) is 6.34. The maximum atomic E-state index is 12.1. The monoisotopic (exact) mass is 306 g/mol. The predicted octanol–water partition coefficient (Wildman–Crippen LogP) is 1.54. The molecule has 0 saturated carbocycles. The van der Waals surface area contributed by atoms with Crippen LogP contribution in [0.5, 0.6) is 0 Å². The van der Waals surface area contributed by atoms with Gasteiger partial charge in [0.1, 0.15) is 6.17 Å². The average Bonchev–Trinajstić information content (AvgIpc) is 2.74. The molecule has 0 spiro atoms. The van der Waals surface area contributed by atoms with Crippen molar-refractivity contribution < 1.29 is 13.9 Å². The molecule has 1 amide bonds. The molecule has 0 radical (unpaired) electrons. The number of hydrogen-bond acceptors (Lipinski definition) is 3. The van der Waals surface area contributed by atoms with Gasteiger partial charge in [0.25, 0.3) is 5.91 Å². The second-order valence-corrected chi connectivity index (χ2v) is 6.09. The Bertz CT molecular complexity index is 257. The zero-order valence-electron chi connectivity index (χ0n) is 9.02. The fourth-order valence-corrected chi connectivity index (χ4v) is 1.90. The Hall–Kier alpha value is 0.190. The van der Waals surface area contributed by atoms with Crippen molar-refractivity contribution in [3.05, 3.63) is 0 Å². The van der Waals surface area contributed by atoms with Crippen LogP contribution in [0.2, 0.25) is 0 Å². The van der Waals surface area contributed by atoms with Crippen LogP contribution in [-0.2, 0) is 9.53 Å². The molecule has 2 N–H and O–H groups in total. The van der Waals surface area contributed by atoms with Gasteiger partial charge >= 0.3 is 0 Å². The Kier molecular flexibility index (Phi) is 6.23. The number of amides is 1. The Morgan fingerprint density at radius 3 is 2.71 bits per heavy atom. The van der Waals surface area contributed by atoms with Gasteiger partial charge in [-0.2, -0.15) is 0 Å². The molecule has 1 aliphatic rings. The summed E-state index contributed by atoms with van der Waals surface area (Å²) in [5.74, 6) is -0.832. The van der Waals surface area contributed by atoms with Crippen molar-refractivity contribution in [1.29, 1.82) is 0 Å². The summed E-state index contributed by atoms with van der Waals surface area (Å²) in [6.07, 6.45) is 0.991. The third kappa shape index (κ3) is 5.57. The van der Waals surface area contributed by atoms with Crippen LogP contribution in [0, 0.1) is 0 Å². The maximum Gasteiger partial charge on any atom is 0.252 e. The number of carbonyl (C=O) groups is 1. The molecule has 0 aromatic carbocycles. The Morgan fingerprint density at radius 1 is 1.53 bits per heavy atom. The van der Waals surface area contributed by atoms with Crippen molar-refractivity contribution in [2.24, 2.45) is 0 Å². The van der Waals surface area contributed by atoms with Crippen molar-refractivity contribution in [2.45, 2.75) is 28.9 Å². The Balaban J connectivity index is 2.42. The van der Waals surface area contributed by atoms with Gasteiger partial charge in [0, 0.05) is 13.2 Å². The minimum atomic E-state index is -1.75. The highest BCUT2D eigenvalue weighted by Gasteiger charge is 2.34. The van der Waals surface area contributed by atoms with Gasteiger partial charge in [0.05, 0.1) is 6.10 Å². The molecule has 0 aliphatic carbocycles. The van der Waals surface area contributed by atoms with E-state index in [1.54, 1.807) is 0 Å². The van der Waals surface area contributed by atoms with Gasteiger partial charge in [-0.15, -0.1) is 0 Å². The Morgan fingerprint density at radius 2 is 2.24 bits per heavy atom. The Labute approximate surface area is 114 Å². The van der Waals surface area contributed by atoms with Gasteiger partial charge < -0.3 is 10.1 Å². The van der Waals surface area contributed by atoms with E-state index < -0.39 is 22.5 Å². The van der Waals surface area contributed by atoms with E-state index in [9.17, 15) is 9.18 Å². The number of halogens is 4. The third-order valence-corrected chi connectivity index (χ3v) is 2.98. The number of carbonyl (C=O) groups excluding carboxylic acids is 1. The summed E-state index contributed by atoms with van der Waals surface area (Å²) >= 11 is 17.0. The van der Waals surface area contributed by atoms with Gasteiger partial charge in [0.15, 0.2) is 6.67 Å². The summed E-state index contributed by atoms with van der Waals surface area (Å²) < 4.78 is 15.7. The first-order chi connectivity index (χ1) is 7.93. The molecule has 2 atom stereocenters. The number of alkyl halides is 4. The number of ether oxygens (including phenoxy) is 1. The molecule has 0 aromatic heterocycles. The topological polar surface area (TPSA) is 50.4 Å². The molecule has 1 heterocycles. The lowest BCUT2D eigenvalue weighted by molar-refractivity contribution is -0.122. The van der Waals surface area contributed by atoms with Crippen LogP contribution >= 0.6 is 34.8 Å². The molecule has 0 unspecified atom stereocenters. The van der Waals surface area contributed by atoms with E-state index >= 15 is 0 Å². The van der Waals surface area contributed by atoms with Gasteiger partial charge in [-0.3, -0.25) is 10.1 Å². The zero-order valence-corrected chi connectivity index (χ0v) is 11.3. The molecule has 4 nitrogen and oxygen atoms in total. The smallest absolute Gasteiger partial charge is 0.252 e. The summed E-state index contributed by atoms with van der Waals surface area (Å²) in [6, 6.07) is 0. The summed E-state index contributed by atoms with van der Waals surface area (Å²) in [4.78, 5) is 10.9. The van der Waals surface area contributed by atoms with Gasteiger partial charge in [-0.25, -0.2) is 4.39 Å². The molecule has 1 aliphatic heterocycles. The van der Waals surface area contributed by atoms with Gasteiger partial charge in [0.2, 0.25) is 3.79 Å². The lowest BCUT2D eigenvalue weighted by atomic mass is 10.2.